The highest BCUT2D eigenvalue weighted by atomic mass is 32.2. The van der Waals surface area contributed by atoms with Gasteiger partial charge < -0.3 is 5.11 Å². The summed E-state index contributed by atoms with van der Waals surface area (Å²) in [5.41, 5.74) is 0.937. The van der Waals surface area contributed by atoms with Crippen molar-refractivity contribution in [3.63, 3.8) is 0 Å². The van der Waals surface area contributed by atoms with Crippen LogP contribution in [0.4, 0.5) is 0 Å². The van der Waals surface area contributed by atoms with Crippen LogP contribution in [0, 0.1) is 23.7 Å². The first-order valence-corrected chi connectivity index (χ1v) is 8.02. The Morgan fingerprint density at radius 2 is 2.15 bits per heavy atom. The van der Waals surface area contributed by atoms with E-state index in [4.69, 9.17) is 10.4 Å². The van der Waals surface area contributed by atoms with Crippen LogP contribution in [0.3, 0.4) is 0 Å². The normalized spacial score (nSPS) is 16.6. The molecule has 0 saturated heterocycles. The number of aryl methyl sites for hydroxylation is 1. The highest BCUT2D eigenvalue weighted by Gasteiger charge is 2.42. The molecule has 0 spiro atoms. The Labute approximate surface area is 119 Å². The van der Waals surface area contributed by atoms with Gasteiger partial charge in [0.25, 0.3) is 0 Å². The summed E-state index contributed by atoms with van der Waals surface area (Å²) in [6.07, 6.45) is 2.52. The Morgan fingerprint density at radius 1 is 1.45 bits per heavy atom. The highest BCUT2D eigenvalue weighted by Crippen LogP contribution is 2.48. The molecule has 0 bridgehead atoms. The van der Waals surface area contributed by atoms with Gasteiger partial charge in [-0.05, 0) is 55.4 Å². The van der Waals surface area contributed by atoms with Crippen LogP contribution < -0.4 is 4.72 Å². The van der Waals surface area contributed by atoms with E-state index in [2.05, 4.69) is 4.72 Å². The van der Waals surface area contributed by atoms with E-state index >= 15 is 0 Å². The molecule has 108 valence electrons. The van der Waals surface area contributed by atoms with Crippen molar-refractivity contribution in [3.8, 4) is 6.07 Å². The molecule has 2 rings (SSSR count). The summed E-state index contributed by atoms with van der Waals surface area (Å²) in [6.45, 7) is 2.11. The molecular formula is C14H18N2O3S. The van der Waals surface area contributed by atoms with Crippen molar-refractivity contribution in [2.24, 2.45) is 5.41 Å². The number of benzene rings is 1. The smallest absolute Gasteiger partial charge is 0.240 e. The van der Waals surface area contributed by atoms with Crippen LogP contribution in [0.25, 0.3) is 0 Å². The van der Waals surface area contributed by atoms with Gasteiger partial charge in [0.15, 0.2) is 0 Å². The summed E-state index contributed by atoms with van der Waals surface area (Å²) in [4.78, 5) is 0.205. The molecule has 0 unspecified atom stereocenters. The summed E-state index contributed by atoms with van der Waals surface area (Å²) in [6, 6.07) is 6.51. The standard InChI is InChI=1S/C14H18N2O3S/c1-11-8-12(9-15)2-3-13(11)20(18,19)16-10-14(4-5-14)6-7-17/h2-3,8,16-17H,4-7,10H2,1H3. The molecule has 0 radical (unpaired) electrons. The van der Waals surface area contributed by atoms with Gasteiger partial charge in [0.2, 0.25) is 10.0 Å². The van der Waals surface area contributed by atoms with E-state index in [0.29, 0.717) is 24.1 Å². The zero-order chi connectivity index (χ0) is 14.8. The van der Waals surface area contributed by atoms with Gasteiger partial charge >= 0.3 is 0 Å². The van der Waals surface area contributed by atoms with Crippen LogP contribution in [0.5, 0.6) is 0 Å². The molecule has 1 fully saturated rings. The van der Waals surface area contributed by atoms with Crippen molar-refractivity contribution < 1.29 is 13.5 Å². The van der Waals surface area contributed by atoms with E-state index in [9.17, 15) is 8.42 Å². The van der Waals surface area contributed by atoms with Gasteiger partial charge in [-0.15, -0.1) is 0 Å². The van der Waals surface area contributed by atoms with Crippen molar-refractivity contribution in [1.29, 1.82) is 5.26 Å². The lowest BCUT2D eigenvalue weighted by Crippen LogP contribution is -2.31. The Hall–Kier alpha value is -1.42. The minimum atomic E-state index is -3.57. The van der Waals surface area contributed by atoms with Crippen molar-refractivity contribution in [3.05, 3.63) is 29.3 Å². The summed E-state index contributed by atoms with van der Waals surface area (Å²) in [7, 11) is -3.57. The van der Waals surface area contributed by atoms with Crippen LogP contribution in [0.2, 0.25) is 0 Å². The largest absolute Gasteiger partial charge is 0.396 e. The van der Waals surface area contributed by atoms with E-state index in [-0.39, 0.29) is 16.9 Å². The van der Waals surface area contributed by atoms with Crippen molar-refractivity contribution in [2.75, 3.05) is 13.2 Å². The van der Waals surface area contributed by atoms with Crippen LogP contribution in [0.15, 0.2) is 23.1 Å². The molecule has 1 aromatic rings. The molecule has 5 nitrogen and oxygen atoms in total. The zero-order valence-electron chi connectivity index (χ0n) is 11.4. The molecule has 0 atom stereocenters. The molecule has 1 aromatic carbocycles. The fourth-order valence-corrected chi connectivity index (χ4v) is 3.66. The van der Waals surface area contributed by atoms with Crippen molar-refractivity contribution in [1.82, 2.24) is 4.72 Å². The Morgan fingerprint density at radius 3 is 2.65 bits per heavy atom. The van der Waals surface area contributed by atoms with Gasteiger partial charge in [0.1, 0.15) is 0 Å². The number of nitriles is 1. The lowest BCUT2D eigenvalue weighted by Gasteiger charge is -2.15. The average Bonchev–Trinajstić information content (AvgIpc) is 3.17. The molecule has 0 heterocycles. The van der Waals surface area contributed by atoms with Gasteiger partial charge in [0, 0.05) is 13.2 Å². The minimum Gasteiger partial charge on any atom is -0.396 e. The molecular weight excluding hydrogens is 276 g/mol. The quantitative estimate of drug-likeness (QED) is 0.827. The maximum absolute atomic E-state index is 12.3. The van der Waals surface area contributed by atoms with Gasteiger partial charge in [0.05, 0.1) is 16.5 Å². The fourth-order valence-electron chi connectivity index (χ4n) is 2.28. The first-order chi connectivity index (χ1) is 9.42. The molecule has 0 aromatic heterocycles. The van der Waals surface area contributed by atoms with Gasteiger partial charge in [-0.2, -0.15) is 5.26 Å². The molecule has 1 aliphatic carbocycles. The second kappa shape index (κ2) is 5.52. The van der Waals surface area contributed by atoms with Gasteiger partial charge in [-0.1, -0.05) is 0 Å². The summed E-state index contributed by atoms with van der Waals surface area (Å²) in [5.74, 6) is 0. The summed E-state index contributed by atoms with van der Waals surface area (Å²) in [5, 5.41) is 17.8. The molecule has 0 aliphatic heterocycles. The summed E-state index contributed by atoms with van der Waals surface area (Å²) >= 11 is 0. The van der Waals surface area contributed by atoms with Gasteiger partial charge in [-0.3, -0.25) is 0 Å². The first kappa shape index (κ1) is 15.0. The molecule has 2 N–H and O–H groups in total. The maximum atomic E-state index is 12.3. The Balaban J connectivity index is 2.13. The third-order valence-corrected chi connectivity index (χ3v) is 5.39. The average molecular weight is 294 g/mol. The van der Waals surface area contributed by atoms with Crippen LogP contribution >= 0.6 is 0 Å². The van der Waals surface area contributed by atoms with E-state index in [1.165, 1.54) is 12.1 Å². The maximum Gasteiger partial charge on any atom is 0.240 e. The Kier molecular flexibility index (Phi) is 4.14. The number of hydrogen-bond donors (Lipinski definition) is 2. The minimum absolute atomic E-state index is 0.0671. The van der Waals surface area contributed by atoms with Crippen LogP contribution in [-0.2, 0) is 10.0 Å². The van der Waals surface area contributed by atoms with Crippen LogP contribution in [-0.4, -0.2) is 26.7 Å². The third-order valence-electron chi connectivity index (χ3n) is 3.83. The van der Waals surface area contributed by atoms with Gasteiger partial charge in [-0.25, -0.2) is 13.1 Å². The fraction of sp³-hybridized carbons (Fsp3) is 0.500. The van der Waals surface area contributed by atoms with E-state index < -0.39 is 10.0 Å². The predicted molar refractivity (Wildman–Crippen MR) is 74.5 cm³/mol. The predicted octanol–water partition coefficient (Wildman–Crippen LogP) is 1.31. The van der Waals surface area contributed by atoms with Crippen molar-refractivity contribution >= 4 is 10.0 Å². The van der Waals surface area contributed by atoms with Crippen LogP contribution in [0.1, 0.15) is 30.4 Å². The second-order valence-electron chi connectivity index (χ2n) is 5.39. The SMILES string of the molecule is Cc1cc(C#N)ccc1S(=O)(=O)NCC1(CCO)CC1. The molecule has 0 amide bonds. The number of nitrogens with zero attached hydrogens (tertiary/aromatic N) is 1. The van der Waals surface area contributed by atoms with Crippen molar-refractivity contribution in [2.45, 2.75) is 31.1 Å². The number of rotatable bonds is 6. The van der Waals surface area contributed by atoms with E-state index in [1.54, 1.807) is 13.0 Å². The first-order valence-electron chi connectivity index (χ1n) is 6.54. The molecule has 1 aliphatic rings. The third kappa shape index (κ3) is 3.18. The number of aliphatic hydroxyl groups is 1. The topological polar surface area (TPSA) is 90.2 Å². The molecule has 6 heteroatoms. The second-order valence-corrected chi connectivity index (χ2v) is 7.13. The lowest BCUT2D eigenvalue weighted by atomic mass is 10.0. The number of sulfonamides is 1. The monoisotopic (exact) mass is 294 g/mol. The summed E-state index contributed by atoms with van der Waals surface area (Å²) < 4.78 is 27.2. The lowest BCUT2D eigenvalue weighted by molar-refractivity contribution is 0.249. The number of hydrogen-bond acceptors (Lipinski definition) is 4. The highest BCUT2D eigenvalue weighted by molar-refractivity contribution is 7.89. The number of aliphatic hydroxyl groups excluding tert-OH is 1. The molecule has 1 saturated carbocycles. The van der Waals surface area contributed by atoms with E-state index in [1.807, 2.05) is 6.07 Å². The molecule has 20 heavy (non-hydrogen) atoms. The zero-order valence-corrected chi connectivity index (χ0v) is 12.2. The number of nitrogens with one attached hydrogen (secondary N) is 1. The Bertz CT molecular complexity index is 643. The van der Waals surface area contributed by atoms with E-state index in [0.717, 1.165) is 12.8 Å².